The highest BCUT2D eigenvalue weighted by Gasteiger charge is 2.50. The Morgan fingerprint density at radius 2 is 1.94 bits per heavy atom. The van der Waals surface area contributed by atoms with Crippen LogP contribution in [0.5, 0.6) is 0 Å². The summed E-state index contributed by atoms with van der Waals surface area (Å²) in [5, 5.41) is 30.1. The fourth-order valence-corrected chi connectivity index (χ4v) is 6.64. The van der Waals surface area contributed by atoms with E-state index >= 15 is 0 Å². The van der Waals surface area contributed by atoms with Crippen LogP contribution in [0.3, 0.4) is 0 Å². The molecule has 3 aliphatic rings. The van der Waals surface area contributed by atoms with Gasteiger partial charge in [-0.1, -0.05) is 38.2 Å². The Morgan fingerprint density at radius 1 is 1.23 bits per heavy atom. The molecule has 7 atom stereocenters. The summed E-state index contributed by atoms with van der Waals surface area (Å²) in [6.45, 7) is 11.8. The Hall–Kier alpha value is -0.970. The summed E-state index contributed by atoms with van der Waals surface area (Å²) in [5.41, 5.74) is 2.17. The standard InChI is InChI=1S/C27H43FO3/c1-17(8-13-25(28)26(3,4)31)22-11-12-23-19(7-6-14-27(22,23)5)9-10-20-15-21(29)16-24(30)18(20)2/h9-10,17,21-25,29-31H,2,6-8,11-16H2,1,3-5H3/t17-,21-,22-,23?,24+,25+,27-/m1/s1. The average molecular weight is 435 g/mol. The quantitative estimate of drug-likeness (QED) is 0.506. The lowest BCUT2D eigenvalue weighted by atomic mass is 9.60. The minimum atomic E-state index is -1.26. The first kappa shape index (κ1) is 24.7. The van der Waals surface area contributed by atoms with Crippen LogP contribution in [0.4, 0.5) is 4.39 Å². The summed E-state index contributed by atoms with van der Waals surface area (Å²) in [5.74, 6) is 1.57. The van der Waals surface area contributed by atoms with Gasteiger partial charge in [0.25, 0.3) is 0 Å². The van der Waals surface area contributed by atoms with Gasteiger partial charge in [-0.25, -0.2) is 4.39 Å². The van der Waals surface area contributed by atoms with Gasteiger partial charge in [-0.2, -0.15) is 0 Å². The van der Waals surface area contributed by atoms with E-state index < -0.39 is 24.0 Å². The molecule has 3 fully saturated rings. The first-order valence-electron chi connectivity index (χ1n) is 12.2. The minimum Gasteiger partial charge on any atom is -0.393 e. The summed E-state index contributed by atoms with van der Waals surface area (Å²) in [6.07, 6.45) is 10.0. The molecule has 0 amide bonds. The van der Waals surface area contributed by atoms with Crippen molar-refractivity contribution in [2.75, 3.05) is 0 Å². The maximum absolute atomic E-state index is 14.3. The molecule has 0 radical (unpaired) electrons. The van der Waals surface area contributed by atoms with Crippen LogP contribution in [0.2, 0.25) is 0 Å². The number of fused-ring (bicyclic) bond motifs is 1. The predicted octanol–water partition coefficient (Wildman–Crippen LogP) is 5.65. The Morgan fingerprint density at radius 3 is 2.61 bits per heavy atom. The van der Waals surface area contributed by atoms with Crippen molar-refractivity contribution < 1.29 is 19.7 Å². The van der Waals surface area contributed by atoms with Gasteiger partial charge in [-0.15, -0.1) is 0 Å². The zero-order chi connectivity index (χ0) is 23.0. The van der Waals surface area contributed by atoms with E-state index in [-0.39, 0.29) is 5.41 Å². The highest BCUT2D eigenvalue weighted by atomic mass is 19.1. The van der Waals surface area contributed by atoms with Crippen molar-refractivity contribution in [3.05, 3.63) is 35.5 Å². The first-order valence-corrected chi connectivity index (χ1v) is 12.2. The van der Waals surface area contributed by atoms with Crippen molar-refractivity contribution >= 4 is 0 Å². The van der Waals surface area contributed by atoms with Gasteiger partial charge in [0.15, 0.2) is 0 Å². The molecule has 31 heavy (non-hydrogen) atoms. The Kier molecular flexibility index (Phi) is 7.55. The van der Waals surface area contributed by atoms with Crippen LogP contribution in [0.25, 0.3) is 0 Å². The van der Waals surface area contributed by atoms with Gasteiger partial charge in [0.2, 0.25) is 0 Å². The number of hydrogen-bond donors (Lipinski definition) is 3. The highest BCUT2D eigenvalue weighted by molar-refractivity contribution is 5.38. The number of aliphatic hydroxyl groups is 3. The summed E-state index contributed by atoms with van der Waals surface area (Å²) in [6, 6.07) is 0. The van der Waals surface area contributed by atoms with Gasteiger partial charge in [0.05, 0.1) is 17.8 Å². The van der Waals surface area contributed by atoms with Crippen molar-refractivity contribution in [1.29, 1.82) is 0 Å². The lowest BCUT2D eigenvalue weighted by Crippen LogP contribution is -2.37. The fourth-order valence-electron chi connectivity index (χ4n) is 6.64. The van der Waals surface area contributed by atoms with Crippen molar-refractivity contribution in [3.63, 3.8) is 0 Å². The number of rotatable bonds is 6. The van der Waals surface area contributed by atoms with E-state index in [2.05, 4.69) is 32.6 Å². The second kappa shape index (κ2) is 9.49. The van der Waals surface area contributed by atoms with E-state index in [1.807, 2.05) is 0 Å². The SMILES string of the molecule is C=C1C(=CC=C2CCC[C@@]3(C)C2CC[C@@H]3[C@H](C)CC[C@H](F)C(C)(C)O)C[C@@H](O)C[C@@H]1O. The third-order valence-electron chi connectivity index (χ3n) is 8.63. The molecule has 0 aromatic rings. The van der Waals surface area contributed by atoms with Gasteiger partial charge in [0, 0.05) is 6.42 Å². The normalized spacial score (nSPS) is 39.0. The van der Waals surface area contributed by atoms with E-state index in [0.29, 0.717) is 37.0 Å². The second-order valence-corrected chi connectivity index (χ2v) is 11.3. The van der Waals surface area contributed by atoms with Crippen LogP contribution in [-0.2, 0) is 0 Å². The number of alkyl halides is 1. The molecular weight excluding hydrogens is 391 g/mol. The fraction of sp³-hybridized carbons (Fsp3) is 0.778. The molecular formula is C27H43FO3. The van der Waals surface area contributed by atoms with Gasteiger partial charge in [-0.05, 0) is 99.5 Å². The molecule has 0 spiro atoms. The van der Waals surface area contributed by atoms with Gasteiger partial charge < -0.3 is 15.3 Å². The second-order valence-electron chi connectivity index (χ2n) is 11.3. The molecule has 0 aromatic heterocycles. The maximum Gasteiger partial charge on any atom is 0.128 e. The number of hydrogen-bond acceptors (Lipinski definition) is 3. The smallest absolute Gasteiger partial charge is 0.128 e. The summed E-state index contributed by atoms with van der Waals surface area (Å²) in [4.78, 5) is 0. The Bertz CT molecular complexity index is 718. The van der Waals surface area contributed by atoms with E-state index in [9.17, 15) is 19.7 Å². The third-order valence-corrected chi connectivity index (χ3v) is 8.63. The largest absolute Gasteiger partial charge is 0.393 e. The predicted molar refractivity (Wildman–Crippen MR) is 124 cm³/mol. The molecule has 4 heteroatoms. The number of allylic oxidation sites excluding steroid dienone is 3. The van der Waals surface area contributed by atoms with Crippen molar-refractivity contribution in [2.24, 2.45) is 23.2 Å². The molecule has 0 saturated heterocycles. The average Bonchev–Trinajstić information content (AvgIpc) is 3.04. The van der Waals surface area contributed by atoms with Gasteiger partial charge >= 0.3 is 0 Å². The van der Waals surface area contributed by atoms with Gasteiger partial charge in [0.1, 0.15) is 6.17 Å². The molecule has 1 unspecified atom stereocenters. The molecule has 176 valence electrons. The van der Waals surface area contributed by atoms with Crippen LogP contribution in [0.1, 0.15) is 85.5 Å². The molecule has 3 aliphatic carbocycles. The summed E-state index contributed by atoms with van der Waals surface area (Å²) >= 11 is 0. The lowest BCUT2D eigenvalue weighted by Gasteiger charge is -2.44. The van der Waals surface area contributed by atoms with E-state index in [0.717, 1.165) is 24.0 Å². The van der Waals surface area contributed by atoms with Gasteiger partial charge in [-0.3, -0.25) is 0 Å². The molecule has 0 aromatic carbocycles. The topological polar surface area (TPSA) is 60.7 Å². The molecule has 3 nitrogen and oxygen atoms in total. The molecule has 3 rings (SSSR count). The molecule has 0 bridgehead atoms. The Balaban J connectivity index is 1.71. The molecule has 0 heterocycles. The van der Waals surface area contributed by atoms with Crippen LogP contribution in [0.15, 0.2) is 35.5 Å². The molecule has 3 N–H and O–H groups in total. The van der Waals surface area contributed by atoms with Crippen LogP contribution in [0, 0.1) is 23.2 Å². The van der Waals surface area contributed by atoms with E-state index in [4.69, 9.17) is 0 Å². The first-order chi connectivity index (χ1) is 14.4. The number of aliphatic hydroxyl groups excluding tert-OH is 2. The summed E-state index contributed by atoms with van der Waals surface area (Å²) in [7, 11) is 0. The molecule has 3 saturated carbocycles. The number of halogens is 1. The zero-order valence-corrected chi connectivity index (χ0v) is 19.9. The van der Waals surface area contributed by atoms with E-state index in [1.54, 1.807) is 13.8 Å². The van der Waals surface area contributed by atoms with E-state index in [1.165, 1.54) is 31.3 Å². The zero-order valence-electron chi connectivity index (χ0n) is 19.9. The Labute approximate surface area is 188 Å². The van der Waals surface area contributed by atoms with Crippen molar-refractivity contribution in [1.82, 2.24) is 0 Å². The minimum absolute atomic E-state index is 0.241. The van der Waals surface area contributed by atoms with Crippen LogP contribution < -0.4 is 0 Å². The van der Waals surface area contributed by atoms with Crippen LogP contribution >= 0.6 is 0 Å². The third kappa shape index (κ3) is 5.34. The van der Waals surface area contributed by atoms with Crippen molar-refractivity contribution in [3.8, 4) is 0 Å². The summed E-state index contributed by atoms with van der Waals surface area (Å²) < 4.78 is 14.3. The van der Waals surface area contributed by atoms with Crippen molar-refractivity contribution in [2.45, 2.75) is 109 Å². The highest BCUT2D eigenvalue weighted by Crippen LogP contribution is 2.60. The molecule has 0 aliphatic heterocycles. The van der Waals surface area contributed by atoms with Crippen LogP contribution in [-0.4, -0.2) is 39.3 Å². The monoisotopic (exact) mass is 434 g/mol. The lowest BCUT2D eigenvalue weighted by molar-refractivity contribution is -0.0119. The maximum atomic E-state index is 14.3.